The van der Waals surface area contributed by atoms with Crippen LogP contribution in [-0.2, 0) is 0 Å². The van der Waals surface area contributed by atoms with Crippen LogP contribution in [0.5, 0.6) is 0 Å². The molecule has 2 aromatic heterocycles. The number of hydrogen-bond donors (Lipinski definition) is 1. The lowest BCUT2D eigenvalue weighted by atomic mass is 10.4. The van der Waals surface area contributed by atoms with Gasteiger partial charge in [-0.25, -0.2) is 4.98 Å². The van der Waals surface area contributed by atoms with Gasteiger partial charge >= 0.3 is 0 Å². The van der Waals surface area contributed by atoms with E-state index in [0.29, 0.717) is 23.9 Å². The van der Waals surface area contributed by atoms with Crippen molar-refractivity contribution in [3.8, 4) is 5.95 Å². The van der Waals surface area contributed by atoms with E-state index in [1.54, 1.807) is 17.1 Å². The van der Waals surface area contributed by atoms with Gasteiger partial charge in [-0.3, -0.25) is 4.57 Å². The maximum atomic E-state index is 4.47. The van der Waals surface area contributed by atoms with Crippen molar-refractivity contribution in [2.45, 2.75) is 26.8 Å². The van der Waals surface area contributed by atoms with Crippen LogP contribution in [0.2, 0.25) is 0 Å². The van der Waals surface area contributed by atoms with Gasteiger partial charge in [-0.2, -0.15) is 15.0 Å². The van der Waals surface area contributed by atoms with Crippen molar-refractivity contribution < 1.29 is 0 Å². The summed E-state index contributed by atoms with van der Waals surface area (Å²) in [5, 5.41) is 3.12. The van der Waals surface area contributed by atoms with Gasteiger partial charge in [0.2, 0.25) is 17.8 Å². The zero-order valence-corrected chi connectivity index (χ0v) is 11.7. The molecule has 2 rings (SSSR count). The monoisotopic (exact) mass is 261 g/mol. The lowest BCUT2D eigenvalue weighted by Gasteiger charge is -2.22. The van der Waals surface area contributed by atoms with E-state index >= 15 is 0 Å². The van der Waals surface area contributed by atoms with Crippen molar-refractivity contribution in [2.24, 2.45) is 0 Å². The van der Waals surface area contributed by atoms with Crippen LogP contribution in [0.3, 0.4) is 0 Å². The lowest BCUT2D eigenvalue weighted by molar-refractivity contribution is 0.720. The highest BCUT2D eigenvalue weighted by molar-refractivity contribution is 5.40. The van der Waals surface area contributed by atoms with Crippen LogP contribution in [0.25, 0.3) is 5.95 Å². The molecule has 19 heavy (non-hydrogen) atoms. The number of aromatic nitrogens is 5. The molecule has 0 spiro atoms. The molecule has 7 heteroatoms. The first-order valence-electron chi connectivity index (χ1n) is 6.33. The van der Waals surface area contributed by atoms with Crippen LogP contribution in [0.15, 0.2) is 18.7 Å². The first-order chi connectivity index (χ1) is 9.11. The predicted molar refractivity (Wildman–Crippen MR) is 74.7 cm³/mol. The van der Waals surface area contributed by atoms with Crippen molar-refractivity contribution in [2.75, 3.05) is 23.8 Å². The standard InChI is InChI=1S/C12H19N7/c1-5-14-10-15-11(18(4)9(2)3)17-12(16-10)19-7-6-13-8-19/h6-9H,5H2,1-4H3,(H,14,15,16,17). The van der Waals surface area contributed by atoms with Gasteiger partial charge in [0.05, 0.1) is 0 Å². The zero-order chi connectivity index (χ0) is 13.8. The van der Waals surface area contributed by atoms with Gasteiger partial charge in [-0.15, -0.1) is 0 Å². The Labute approximate surface area is 112 Å². The number of hydrogen-bond acceptors (Lipinski definition) is 6. The number of anilines is 2. The van der Waals surface area contributed by atoms with Gasteiger partial charge in [-0.05, 0) is 20.8 Å². The molecule has 0 saturated carbocycles. The first kappa shape index (κ1) is 13.3. The molecule has 7 nitrogen and oxygen atoms in total. The molecule has 0 saturated heterocycles. The third-order valence-corrected chi connectivity index (χ3v) is 2.77. The zero-order valence-electron chi connectivity index (χ0n) is 11.7. The number of nitrogens with one attached hydrogen (secondary N) is 1. The van der Waals surface area contributed by atoms with E-state index in [1.807, 2.05) is 25.1 Å². The summed E-state index contributed by atoms with van der Waals surface area (Å²) in [5.41, 5.74) is 0. The minimum atomic E-state index is 0.313. The Kier molecular flexibility index (Phi) is 3.94. The van der Waals surface area contributed by atoms with Gasteiger partial charge in [-0.1, -0.05) is 0 Å². The molecule has 2 heterocycles. The normalized spacial score (nSPS) is 10.8. The van der Waals surface area contributed by atoms with Gasteiger partial charge < -0.3 is 10.2 Å². The fourth-order valence-electron chi connectivity index (χ4n) is 1.47. The van der Waals surface area contributed by atoms with Crippen LogP contribution < -0.4 is 10.2 Å². The molecule has 0 fully saturated rings. The van der Waals surface area contributed by atoms with Gasteiger partial charge in [0.1, 0.15) is 6.33 Å². The third kappa shape index (κ3) is 2.98. The quantitative estimate of drug-likeness (QED) is 0.875. The van der Waals surface area contributed by atoms with Crippen LogP contribution in [-0.4, -0.2) is 44.1 Å². The Morgan fingerprint density at radius 2 is 2.11 bits per heavy atom. The molecule has 0 atom stereocenters. The smallest absolute Gasteiger partial charge is 0.241 e. The Balaban J connectivity index is 2.43. The minimum absolute atomic E-state index is 0.313. The average Bonchev–Trinajstić information content (AvgIpc) is 2.91. The second-order valence-corrected chi connectivity index (χ2v) is 4.46. The van der Waals surface area contributed by atoms with Crippen molar-refractivity contribution in [3.63, 3.8) is 0 Å². The number of imidazole rings is 1. The molecular formula is C12H19N7. The topological polar surface area (TPSA) is 71.8 Å². The largest absolute Gasteiger partial charge is 0.354 e. The molecule has 0 aliphatic heterocycles. The average molecular weight is 261 g/mol. The van der Waals surface area contributed by atoms with Gasteiger partial charge in [0, 0.05) is 32.0 Å². The third-order valence-electron chi connectivity index (χ3n) is 2.77. The Bertz CT molecular complexity index is 521. The summed E-state index contributed by atoms with van der Waals surface area (Å²) in [6.45, 7) is 6.95. The molecule has 0 aromatic carbocycles. The highest BCUT2D eigenvalue weighted by atomic mass is 15.3. The van der Waals surface area contributed by atoms with Crippen LogP contribution in [0.1, 0.15) is 20.8 Å². The van der Waals surface area contributed by atoms with Crippen molar-refractivity contribution >= 4 is 11.9 Å². The molecule has 0 aliphatic carbocycles. The van der Waals surface area contributed by atoms with E-state index in [-0.39, 0.29) is 0 Å². The second-order valence-electron chi connectivity index (χ2n) is 4.46. The van der Waals surface area contributed by atoms with Crippen molar-refractivity contribution in [1.82, 2.24) is 24.5 Å². The SMILES string of the molecule is CCNc1nc(N(C)C(C)C)nc(-n2ccnc2)n1. The van der Waals surface area contributed by atoms with Crippen molar-refractivity contribution in [3.05, 3.63) is 18.7 Å². The maximum absolute atomic E-state index is 4.47. The summed E-state index contributed by atoms with van der Waals surface area (Å²) in [7, 11) is 1.97. The summed E-state index contributed by atoms with van der Waals surface area (Å²) in [4.78, 5) is 19.3. The molecule has 0 unspecified atom stereocenters. The summed E-state index contributed by atoms with van der Waals surface area (Å²) in [6, 6.07) is 0.313. The van der Waals surface area contributed by atoms with E-state index in [4.69, 9.17) is 0 Å². The fourth-order valence-corrected chi connectivity index (χ4v) is 1.47. The minimum Gasteiger partial charge on any atom is -0.354 e. The van der Waals surface area contributed by atoms with Crippen LogP contribution in [0, 0.1) is 0 Å². The highest BCUT2D eigenvalue weighted by Crippen LogP contribution is 2.13. The van der Waals surface area contributed by atoms with E-state index in [0.717, 1.165) is 6.54 Å². The summed E-state index contributed by atoms with van der Waals surface area (Å²) in [5.74, 6) is 1.78. The van der Waals surface area contributed by atoms with Crippen LogP contribution in [0.4, 0.5) is 11.9 Å². The second kappa shape index (κ2) is 5.64. The van der Waals surface area contributed by atoms with E-state index in [2.05, 4.69) is 39.1 Å². The Hall–Kier alpha value is -2.18. The number of nitrogens with zero attached hydrogens (tertiary/aromatic N) is 6. The number of rotatable bonds is 5. The predicted octanol–water partition coefficient (Wildman–Crippen LogP) is 1.33. The van der Waals surface area contributed by atoms with E-state index < -0.39 is 0 Å². The Morgan fingerprint density at radius 3 is 2.68 bits per heavy atom. The molecule has 0 aliphatic rings. The Morgan fingerprint density at radius 1 is 1.32 bits per heavy atom. The highest BCUT2D eigenvalue weighted by Gasteiger charge is 2.13. The lowest BCUT2D eigenvalue weighted by Crippen LogP contribution is -2.28. The summed E-state index contributed by atoms with van der Waals surface area (Å²) < 4.78 is 1.76. The first-order valence-corrected chi connectivity index (χ1v) is 6.33. The van der Waals surface area contributed by atoms with E-state index in [9.17, 15) is 0 Å². The molecule has 0 bridgehead atoms. The molecule has 2 aromatic rings. The summed E-state index contributed by atoms with van der Waals surface area (Å²) in [6.07, 6.45) is 5.18. The summed E-state index contributed by atoms with van der Waals surface area (Å²) >= 11 is 0. The molecule has 0 amide bonds. The maximum Gasteiger partial charge on any atom is 0.241 e. The van der Waals surface area contributed by atoms with Gasteiger partial charge in [0.15, 0.2) is 0 Å². The molecule has 102 valence electrons. The van der Waals surface area contributed by atoms with Gasteiger partial charge in [0.25, 0.3) is 0 Å². The molecular weight excluding hydrogens is 242 g/mol. The van der Waals surface area contributed by atoms with Crippen LogP contribution >= 0.6 is 0 Å². The molecule has 0 radical (unpaired) electrons. The van der Waals surface area contributed by atoms with E-state index in [1.165, 1.54) is 0 Å². The van der Waals surface area contributed by atoms with Crippen molar-refractivity contribution in [1.29, 1.82) is 0 Å². The fraction of sp³-hybridized carbons (Fsp3) is 0.500. The molecule has 1 N–H and O–H groups in total.